The number of nitrogens with one attached hydrogen (secondary N) is 2. The van der Waals surface area contributed by atoms with Crippen molar-refractivity contribution in [1.82, 2.24) is 15.5 Å². The first-order valence-corrected chi connectivity index (χ1v) is 11.5. The highest BCUT2D eigenvalue weighted by Crippen LogP contribution is 2.44. The van der Waals surface area contributed by atoms with E-state index in [1.807, 2.05) is 43.3 Å². The molecule has 2 amide bonds. The molecule has 0 spiro atoms. The van der Waals surface area contributed by atoms with Crippen molar-refractivity contribution in [3.8, 4) is 11.1 Å². The zero-order chi connectivity index (χ0) is 24.8. The maximum absolute atomic E-state index is 12.9. The number of hydrogen-bond donors (Lipinski definition) is 3. The summed E-state index contributed by atoms with van der Waals surface area (Å²) < 4.78 is 5.56. The van der Waals surface area contributed by atoms with Gasteiger partial charge in [-0.2, -0.15) is 0 Å². The van der Waals surface area contributed by atoms with Crippen LogP contribution in [0.3, 0.4) is 0 Å². The molecule has 0 aliphatic heterocycles. The summed E-state index contributed by atoms with van der Waals surface area (Å²) >= 11 is 0. The second kappa shape index (κ2) is 11.2. The van der Waals surface area contributed by atoms with Crippen LogP contribution in [0.25, 0.3) is 11.1 Å². The van der Waals surface area contributed by atoms with Gasteiger partial charge in [0.1, 0.15) is 18.7 Å². The third-order valence-corrected chi connectivity index (χ3v) is 6.28. The third kappa shape index (κ3) is 5.75. The predicted molar refractivity (Wildman–Crippen MR) is 130 cm³/mol. The van der Waals surface area contributed by atoms with Gasteiger partial charge < -0.3 is 25.4 Å². The lowest BCUT2D eigenvalue weighted by atomic mass is 9.98. The van der Waals surface area contributed by atoms with E-state index in [-0.39, 0.29) is 25.0 Å². The van der Waals surface area contributed by atoms with Crippen molar-refractivity contribution in [2.24, 2.45) is 5.92 Å². The standard InChI is InChI=1S/C26H33N3O5/c1-5-16(2)23(25(31)32)28-24(30)22(14-29(3)4)27-26(33)34-15-21-19-12-8-6-10-17(19)18-11-7-9-13-20(18)21/h6-13,16,21-23H,5,14-15H2,1-4H3,(H,27,33)(H,28,30)(H,31,32)/t16?,22-,23-/m0/s1. The number of alkyl carbamates (subject to hydrolysis) is 1. The number of ether oxygens (including phenoxy) is 1. The topological polar surface area (TPSA) is 108 Å². The zero-order valence-corrected chi connectivity index (χ0v) is 20.1. The minimum atomic E-state index is -1.10. The van der Waals surface area contributed by atoms with Crippen LogP contribution < -0.4 is 10.6 Å². The summed E-state index contributed by atoms with van der Waals surface area (Å²) in [6.07, 6.45) is -0.130. The number of amides is 2. The predicted octanol–water partition coefficient (Wildman–Crippen LogP) is 3.07. The van der Waals surface area contributed by atoms with Crippen LogP contribution in [0.15, 0.2) is 48.5 Å². The molecule has 0 heterocycles. The van der Waals surface area contributed by atoms with Gasteiger partial charge in [0.05, 0.1) is 0 Å². The number of aliphatic carboxylic acids is 1. The Labute approximate surface area is 200 Å². The molecule has 0 fully saturated rings. The summed E-state index contributed by atoms with van der Waals surface area (Å²) in [7, 11) is 3.53. The Morgan fingerprint density at radius 3 is 2.06 bits per heavy atom. The third-order valence-electron chi connectivity index (χ3n) is 6.28. The number of fused-ring (bicyclic) bond motifs is 3. The molecule has 0 saturated carbocycles. The fourth-order valence-corrected chi connectivity index (χ4v) is 4.28. The van der Waals surface area contributed by atoms with Crippen LogP contribution in [0.5, 0.6) is 0 Å². The van der Waals surface area contributed by atoms with Gasteiger partial charge in [0.25, 0.3) is 0 Å². The van der Waals surface area contributed by atoms with Crippen molar-refractivity contribution < 1.29 is 24.2 Å². The Bertz CT molecular complexity index is 993. The number of carboxylic acid groups (broad SMARTS) is 1. The Kier molecular flexibility index (Phi) is 8.28. The number of rotatable bonds is 10. The van der Waals surface area contributed by atoms with E-state index in [9.17, 15) is 19.5 Å². The van der Waals surface area contributed by atoms with Crippen LogP contribution in [-0.2, 0) is 14.3 Å². The number of carboxylic acids is 1. The van der Waals surface area contributed by atoms with E-state index in [0.29, 0.717) is 6.42 Å². The van der Waals surface area contributed by atoms with Gasteiger partial charge >= 0.3 is 12.1 Å². The fraction of sp³-hybridized carbons (Fsp3) is 0.423. The molecule has 1 aliphatic carbocycles. The number of carbonyl (C=O) groups is 3. The Balaban J connectivity index is 1.67. The van der Waals surface area contributed by atoms with Gasteiger partial charge in [0.15, 0.2) is 0 Å². The lowest BCUT2D eigenvalue weighted by Crippen LogP contribution is -2.56. The maximum atomic E-state index is 12.9. The Morgan fingerprint density at radius 1 is 1.00 bits per heavy atom. The molecule has 3 rings (SSSR count). The van der Waals surface area contributed by atoms with Crippen LogP contribution in [-0.4, -0.2) is 67.3 Å². The summed E-state index contributed by atoms with van der Waals surface area (Å²) in [4.78, 5) is 38.9. The average Bonchev–Trinajstić information content (AvgIpc) is 3.13. The van der Waals surface area contributed by atoms with Crippen molar-refractivity contribution in [2.75, 3.05) is 27.2 Å². The normalized spacial score (nSPS) is 15.1. The molecule has 2 aromatic carbocycles. The van der Waals surface area contributed by atoms with Crippen LogP contribution in [0.1, 0.15) is 37.3 Å². The number of likely N-dealkylation sites (N-methyl/N-ethyl adjacent to an activating group) is 1. The van der Waals surface area contributed by atoms with Gasteiger partial charge in [-0.25, -0.2) is 9.59 Å². The quantitative estimate of drug-likeness (QED) is 0.496. The van der Waals surface area contributed by atoms with Gasteiger partial charge in [-0.1, -0.05) is 68.8 Å². The lowest BCUT2D eigenvalue weighted by molar-refractivity contribution is -0.143. The molecule has 0 saturated heterocycles. The molecule has 0 radical (unpaired) electrons. The molecular formula is C26H33N3O5. The molecular weight excluding hydrogens is 434 g/mol. The summed E-state index contributed by atoms with van der Waals surface area (Å²) in [5, 5.41) is 14.7. The van der Waals surface area contributed by atoms with Gasteiger partial charge in [-0.15, -0.1) is 0 Å². The van der Waals surface area contributed by atoms with Crippen molar-refractivity contribution in [3.05, 3.63) is 59.7 Å². The van der Waals surface area contributed by atoms with E-state index in [4.69, 9.17) is 4.74 Å². The van der Waals surface area contributed by atoms with Crippen molar-refractivity contribution in [3.63, 3.8) is 0 Å². The van der Waals surface area contributed by atoms with Crippen molar-refractivity contribution >= 4 is 18.0 Å². The van der Waals surface area contributed by atoms with E-state index < -0.39 is 30.1 Å². The van der Waals surface area contributed by atoms with Gasteiger partial charge in [-0.3, -0.25) is 4.79 Å². The molecule has 0 aromatic heterocycles. The second-order valence-corrected chi connectivity index (χ2v) is 8.99. The van der Waals surface area contributed by atoms with Crippen LogP contribution in [0.4, 0.5) is 4.79 Å². The molecule has 8 nitrogen and oxygen atoms in total. The summed E-state index contributed by atoms with van der Waals surface area (Å²) in [6, 6.07) is 14.1. The molecule has 34 heavy (non-hydrogen) atoms. The lowest BCUT2D eigenvalue weighted by Gasteiger charge is -2.26. The monoisotopic (exact) mass is 467 g/mol. The minimum absolute atomic E-state index is 0.0962. The maximum Gasteiger partial charge on any atom is 0.407 e. The number of nitrogens with zero attached hydrogens (tertiary/aromatic N) is 1. The van der Waals surface area contributed by atoms with E-state index in [0.717, 1.165) is 22.3 Å². The summed E-state index contributed by atoms with van der Waals surface area (Å²) in [5.74, 6) is -2.01. The summed E-state index contributed by atoms with van der Waals surface area (Å²) in [5.41, 5.74) is 4.44. The number of benzene rings is 2. The Morgan fingerprint density at radius 2 is 1.56 bits per heavy atom. The summed E-state index contributed by atoms with van der Waals surface area (Å²) in [6.45, 7) is 3.95. The first kappa shape index (κ1) is 25.2. The van der Waals surface area contributed by atoms with E-state index in [1.54, 1.807) is 25.9 Å². The SMILES string of the molecule is CCC(C)[C@H](NC(=O)[C@H](CN(C)C)NC(=O)OCC1c2ccccc2-c2ccccc21)C(=O)O. The largest absolute Gasteiger partial charge is 0.480 e. The second-order valence-electron chi connectivity index (χ2n) is 8.99. The van der Waals surface area contributed by atoms with Gasteiger partial charge in [0.2, 0.25) is 5.91 Å². The van der Waals surface area contributed by atoms with Crippen LogP contribution >= 0.6 is 0 Å². The molecule has 2 aromatic rings. The smallest absolute Gasteiger partial charge is 0.407 e. The average molecular weight is 468 g/mol. The highest BCUT2D eigenvalue weighted by molar-refractivity contribution is 5.89. The van der Waals surface area contributed by atoms with Crippen LogP contribution in [0, 0.1) is 5.92 Å². The molecule has 3 N–H and O–H groups in total. The van der Waals surface area contributed by atoms with E-state index in [1.165, 1.54) is 0 Å². The van der Waals surface area contributed by atoms with Crippen molar-refractivity contribution in [2.45, 2.75) is 38.3 Å². The highest BCUT2D eigenvalue weighted by atomic mass is 16.5. The van der Waals surface area contributed by atoms with E-state index >= 15 is 0 Å². The zero-order valence-electron chi connectivity index (χ0n) is 20.1. The van der Waals surface area contributed by atoms with E-state index in [2.05, 4.69) is 22.8 Å². The first-order valence-electron chi connectivity index (χ1n) is 11.5. The first-order chi connectivity index (χ1) is 16.2. The highest BCUT2D eigenvalue weighted by Gasteiger charge is 2.32. The van der Waals surface area contributed by atoms with Crippen LogP contribution in [0.2, 0.25) is 0 Å². The molecule has 8 heteroatoms. The number of hydrogen-bond acceptors (Lipinski definition) is 5. The van der Waals surface area contributed by atoms with Crippen molar-refractivity contribution in [1.29, 1.82) is 0 Å². The van der Waals surface area contributed by atoms with Gasteiger partial charge in [0, 0.05) is 12.5 Å². The Hall–Kier alpha value is -3.39. The molecule has 3 atom stereocenters. The molecule has 0 bridgehead atoms. The molecule has 1 aliphatic rings. The molecule has 182 valence electrons. The fourth-order valence-electron chi connectivity index (χ4n) is 4.28. The van der Waals surface area contributed by atoms with Gasteiger partial charge in [-0.05, 0) is 42.3 Å². The minimum Gasteiger partial charge on any atom is -0.480 e. The number of carbonyl (C=O) groups excluding carboxylic acids is 2. The molecule has 1 unspecified atom stereocenters.